The van der Waals surface area contributed by atoms with E-state index in [9.17, 15) is 14.7 Å². The van der Waals surface area contributed by atoms with Crippen molar-refractivity contribution < 1.29 is 33.0 Å². The van der Waals surface area contributed by atoms with E-state index in [1.165, 1.54) is 18.3 Å². The Balaban J connectivity index is 1.39. The molecule has 1 N–H and O–H groups in total. The Bertz CT molecular complexity index is 1680. The van der Waals surface area contributed by atoms with Gasteiger partial charge >= 0.3 is 0 Å². The largest absolute Gasteiger partial charge is 0.503 e. The molecule has 8 nitrogen and oxygen atoms in total. The molecule has 0 fully saturated rings. The number of benzene rings is 3. The van der Waals surface area contributed by atoms with Crippen LogP contribution < -0.4 is 9.47 Å². The lowest BCUT2D eigenvalue weighted by atomic mass is 9.94. The number of Topliss-reactive ketones (excluding diaryl/α,β-unsaturated/α-hetero) is 1. The molecule has 2 aromatic heterocycles. The Labute approximate surface area is 229 Å². The number of methoxy groups -OCH3 is 1. The molecule has 0 spiro atoms. The molecule has 3 heterocycles. The van der Waals surface area contributed by atoms with E-state index in [-0.39, 0.29) is 17.9 Å². The van der Waals surface area contributed by atoms with Crippen molar-refractivity contribution in [2.75, 3.05) is 7.11 Å². The lowest BCUT2D eigenvalue weighted by Gasteiger charge is -2.26. The van der Waals surface area contributed by atoms with Crippen LogP contribution in [0.2, 0.25) is 0 Å². The quantitative estimate of drug-likeness (QED) is 0.218. The first kappa shape index (κ1) is 25.1. The number of nitrogens with zero attached hydrogens (tertiary/aromatic N) is 1. The predicted molar refractivity (Wildman–Crippen MR) is 146 cm³/mol. The topological polar surface area (TPSA) is 102 Å². The number of rotatable bonds is 9. The molecule has 200 valence electrons. The van der Waals surface area contributed by atoms with E-state index in [1.807, 2.05) is 42.5 Å². The van der Waals surface area contributed by atoms with Crippen molar-refractivity contribution >= 4 is 22.7 Å². The van der Waals surface area contributed by atoms with Gasteiger partial charge in [-0.2, -0.15) is 0 Å². The zero-order valence-electron chi connectivity index (χ0n) is 21.6. The fourth-order valence-electron chi connectivity index (χ4n) is 4.90. The van der Waals surface area contributed by atoms with Crippen LogP contribution in [-0.4, -0.2) is 28.8 Å². The molecular formula is C32H25NO7. The van der Waals surface area contributed by atoms with Gasteiger partial charge < -0.3 is 28.3 Å². The van der Waals surface area contributed by atoms with Crippen LogP contribution in [0.1, 0.15) is 33.5 Å². The molecule has 5 aromatic rings. The summed E-state index contributed by atoms with van der Waals surface area (Å²) in [5.41, 5.74) is 1.98. The van der Waals surface area contributed by atoms with Crippen LogP contribution in [0.25, 0.3) is 11.0 Å². The number of fused-ring (bicyclic) bond motifs is 1. The maximum Gasteiger partial charge on any atom is 0.290 e. The minimum absolute atomic E-state index is 0.0233. The maximum atomic E-state index is 13.8. The van der Waals surface area contributed by atoms with Crippen LogP contribution in [-0.2, 0) is 17.9 Å². The van der Waals surface area contributed by atoms with E-state index in [0.29, 0.717) is 35.0 Å². The monoisotopic (exact) mass is 535 g/mol. The van der Waals surface area contributed by atoms with Gasteiger partial charge in [-0.15, -0.1) is 0 Å². The molecule has 0 bridgehead atoms. The second kappa shape index (κ2) is 10.5. The van der Waals surface area contributed by atoms with Gasteiger partial charge in [-0.3, -0.25) is 9.59 Å². The van der Waals surface area contributed by atoms with E-state index in [1.54, 1.807) is 48.5 Å². The minimum atomic E-state index is -0.935. The SMILES string of the molecule is COc1cc(C2C(C(=O)c3cc4ccccc4o3)=C(O)C(=O)N2Cc2ccco2)ccc1OCc1ccccc1. The summed E-state index contributed by atoms with van der Waals surface area (Å²) in [5, 5.41) is 11.8. The van der Waals surface area contributed by atoms with Gasteiger partial charge in [0.15, 0.2) is 23.0 Å². The summed E-state index contributed by atoms with van der Waals surface area (Å²) in [6, 6.07) is 26.2. The zero-order chi connectivity index (χ0) is 27.6. The fourth-order valence-corrected chi connectivity index (χ4v) is 4.90. The summed E-state index contributed by atoms with van der Waals surface area (Å²) >= 11 is 0. The van der Waals surface area contributed by atoms with Gasteiger partial charge in [0.2, 0.25) is 5.78 Å². The first-order chi connectivity index (χ1) is 19.5. The second-order valence-electron chi connectivity index (χ2n) is 9.34. The van der Waals surface area contributed by atoms with Crippen molar-refractivity contribution in [1.29, 1.82) is 0 Å². The van der Waals surface area contributed by atoms with E-state index in [4.69, 9.17) is 18.3 Å². The number of aliphatic hydroxyl groups is 1. The summed E-state index contributed by atoms with van der Waals surface area (Å²) < 4.78 is 22.9. The molecule has 0 radical (unpaired) electrons. The number of ether oxygens (including phenoxy) is 2. The van der Waals surface area contributed by atoms with E-state index in [0.717, 1.165) is 10.9 Å². The van der Waals surface area contributed by atoms with Gasteiger partial charge in [-0.1, -0.05) is 54.6 Å². The van der Waals surface area contributed by atoms with Crippen LogP contribution in [0, 0.1) is 0 Å². The van der Waals surface area contributed by atoms with Gasteiger partial charge in [-0.25, -0.2) is 0 Å². The summed E-state index contributed by atoms with van der Waals surface area (Å²) in [6.07, 6.45) is 1.50. The number of aliphatic hydroxyl groups excluding tert-OH is 1. The number of furan rings is 2. The number of hydrogen-bond donors (Lipinski definition) is 1. The molecule has 1 unspecified atom stereocenters. The lowest BCUT2D eigenvalue weighted by molar-refractivity contribution is -0.130. The molecule has 40 heavy (non-hydrogen) atoms. The third kappa shape index (κ3) is 4.60. The first-order valence-corrected chi connectivity index (χ1v) is 12.7. The molecule has 6 rings (SSSR count). The average molecular weight is 536 g/mol. The Kier molecular flexibility index (Phi) is 6.57. The summed E-state index contributed by atoms with van der Waals surface area (Å²) in [4.78, 5) is 28.6. The summed E-state index contributed by atoms with van der Waals surface area (Å²) in [5.74, 6) is -0.475. The Morgan fingerprint density at radius 2 is 1.75 bits per heavy atom. The fraction of sp³-hybridized carbons (Fsp3) is 0.125. The van der Waals surface area contributed by atoms with Crippen LogP contribution in [0.4, 0.5) is 0 Å². The Hall–Kier alpha value is -5.24. The molecule has 3 aromatic carbocycles. The van der Waals surface area contributed by atoms with Gasteiger partial charge in [0.25, 0.3) is 5.91 Å². The standard InChI is InChI=1S/C32H25NO7/c1-37-26-17-22(13-14-25(26)39-19-20-8-3-2-4-9-20)29-28(30(34)27-16-21-10-5-6-12-24(21)40-27)31(35)32(36)33(29)18-23-11-7-15-38-23/h2-17,29,35H,18-19H2,1H3. The van der Waals surface area contributed by atoms with Crippen LogP contribution in [0.5, 0.6) is 11.5 Å². The third-order valence-corrected chi connectivity index (χ3v) is 6.84. The number of ketones is 1. The van der Waals surface area contributed by atoms with Crippen LogP contribution in [0.15, 0.2) is 117 Å². The number of carbonyl (C=O) groups excluding carboxylic acids is 2. The van der Waals surface area contributed by atoms with Crippen LogP contribution >= 0.6 is 0 Å². The second-order valence-corrected chi connectivity index (χ2v) is 9.34. The molecule has 1 amide bonds. The minimum Gasteiger partial charge on any atom is -0.503 e. The molecule has 8 heteroatoms. The normalized spacial score (nSPS) is 15.2. The van der Waals surface area contributed by atoms with Gasteiger partial charge in [0.1, 0.15) is 18.0 Å². The molecule has 0 aliphatic carbocycles. The van der Waals surface area contributed by atoms with Crippen molar-refractivity contribution in [2.45, 2.75) is 19.2 Å². The highest BCUT2D eigenvalue weighted by Crippen LogP contribution is 2.43. The molecule has 1 aliphatic heterocycles. The molecule has 0 saturated heterocycles. The highest BCUT2D eigenvalue weighted by molar-refractivity contribution is 6.16. The number of amides is 1. The van der Waals surface area contributed by atoms with Crippen molar-refractivity contribution in [1.82, 2.24) is 4.90 Å². The number of carbonyl (C=O) groups is 2. The molecule has 0 saturated carbocycles. The zero-order valence-corrected chi connectivity index (χ0v) is 21.6. The smallest absolute Gasteiger partial charge is 0.290 e. The highest BCUT2D eigenvalue weighted by atomic mass is 16.5. The number of para-hydroxylation sites is 1. The van der Waals surface area contributed by atoms with Crippen LogP contribution in [0.3, 0.4) is 0 Å². The maximum absolute atomic E-state index is 13.8. The Morgan fingerprint density at radius 3 is 2.50 bits per heavy atom. The van der Waals surface area contributed by atoms with E-state index in [2.05, 4.69) is 0 Å². The van der Waals surface area contributed by atoms with Crippen molar-refractivity contribution in [3.8, 4) is 11.5 Å². The summed E-state index contributed by atoms with van der Waals surface area (Å²) in [6.45, 7) is 0.367. The lowest BCUT2D eigenvalue weighted by Crippen LogP contribution is -2.30. The van der Waals surface area contributed by atoms with E-state index < -0.39 is 23.5 Å². The van der Waals surface area contributed by atoms with E-state index >= 15 is 0 Å². The Morgan fingerprint density at radius 1 is 0.950 bits per heavy atom. The number of hydrogen-bond acceptors (Lipinski definition) is 7. The van der Waals surface area contributed by atoms with Gasteiger partial charge in [0, 0.05) is 5.39 Å². The molecule has 1 aliphatic rings. The third-order valence-electron chi connectivity index (χ3n) is 6.84. The average Bonchev–Trinajstić information content (AvgIpc) is 3.72. The van der Waals surface area contributed by atoms with Crippen molar-refractivity contribution in [3.05, 3.63) is 131 Å². The predicted octanol–water partition coefficient (Wildman–Crippen LogP) is 6.39. The van der Waals surface area contributed by atoms with Gasteiger partial charge in [0.05, 0.1) is 31.5 Å². The highest BCUT2D eigenvalue weighted by Gasteiger charge is 2.45. The van der Waals surface area contributed by atoms with Gasteiger partial charge in [-0.05, 0) is 47.5 Å². The summed E-state index contributed by atoms with van der Waals surface area (Å²) in [7, 11) is 1.52. The first-order valence-electron chi connectivity index (χ1n) is 12.7. The molecule has 1 atom stereocenters. The van der Waals surface area contributed by atoms with Crippen molar-refractivity contribution in [2.24, 2.45) is 0 Å². The molecular weight excluding hydrogens is 510 g/mol. The van der Waals surface area contributed by atoms with Crippen molar-refractivity contribution in [3.63, 3.8) is 0 Å².